The predicted molar refractivity (Wildman–Crippen MR) is 76.2 cm³/mol. The van der Waals surface area contributed by atoms with Crippen molar-refractivity contribution in [3.8, 4) is 5.75 Å². The van der Waals surface area contributed by atoms with Gasteiger partial charge in [0.25, 0.3) is 0 Å². The van der Waals surface area contributed by atoms with Gasteiger partial charge in [-0.05, 0) is 36.5 Å². The first kappa shape index (κ1) is 13.1. The molecule has 3 rings (SSSR count). The van der Waals surface area contributed by atoms with Crippen molar-refractivity contribution in [2.75, 3.05) is 0 Å². The van der Waals surface area contributed by atoms with E-state index < -0.39 is 0 Å². The minimum absolute atomic E-state index is 0.158. The van der Waals surface area contributed by atoms with Gasteiger partial charge in [0.2, 0.25) is 0 Å². The van der Waals surface area contributed by atoms with Crippen molar-refractivity contribution < 1.29 is 5.11 Å². The van der Waals surface area contributed by atoms with Crippen molar-refractivity contribution in [1.29, 1.82) is 0 Å². The summed E-state index contributed by atoms with van der Waals surface area (Å²) in [7, 11) is 0. The van der Waals surface area contributed by atoms with E-state index >= 15 is 0 Å². The summed E-state index contributed by atoms with van der Waals surface area (Å²) in [5.41, 5.74) is 7.38. The third kappa shape index (κ3) is 2.54. The predicted octanol–water partition coefficient (Wildman–Crippen LogP) is 1.81. The first-order chi connectivity index (χ1) is 9.63. The molecule has 5 nitrogen and oxygen atoms in total. The number of benzene rings is 1. The Hall–Kier alpha value is -1.88. The van der Waals surface area contributed by atoms with E-state index in [0.717, 1.165) is 36.6 Å². The number of aromatic hydroxyl groups is 1. The highest BCUT2D eigenvalue weighted by Crippen LogP contribution is 2.23. The van der Waals surface area contributed by atoms with Gasteiger partial charge >= 0.3 is 0 Å². The lowest BCUT2D eigenvalue weighted by molar-refractivity contribution is 0.396. The van der Waals surface area contributed by atoms with Crippen LogP contribution in [-0.4, -0.2) is 19.9 Å². The average molecular weight is 272 g/mol. The molecule has 2 aromatic rings. The highest BCUT2D eigenvalue weighted by molar-refractivity contribution is 5.27. The fraction of sp³-hybridized carbons (Fsp3) is 0.467. The number of phenolic OH excluding ortho intramolecular Hbond substituents is 1. The van der Waals surface area contributed by atoms with Crippen molar-refractivity contribution >= 4 is 0 Å². The number of phenols is 1. The van der Waals surface area contributed by atoms with Gasteiger partial charge in [-0.3, -0.25) is 0 Å². The van der Waals surface area contributed by atoms with Gasteiger partial charge in [-0.1, -0.05) is 19.1 Å². The Morgan fingerprint density at radius 1 is 1.35 bits per heavy atom. The molecule has 0 amide bonds. The molecule has 0 fully saturated rings. The molecule has 1 aromatic carbocycles. The van der Waals surface area contributed by atoms with Crippen molar-refractivity contribution in [2.45, 2.75) is 38.8 Å². The van der Waals surface area contributed by atoms with Crippen LogP contribution in [0, 0.1) is 5.92 Å². The molecule has 0 saturated carbocycles. The molecule has 106 valence electrons. The zero-order valence-electron chi connectivity index (χ0n) is 11.7. The lowest BCUT2D eigenvalue weighted by atomic mass is 9.99. The number of aromatic nitrogens is 3. The Balaban J connectivity index is 1.77. The van der Waals surface area contributed by atoms with Gasteiger partial charge < -0.3 is 15.4 Å². The van der Waals surface area contributed by atoms with Crippen LogP contribution in [0.3, 0.4) is 0 Å². The molecule has 0 bridgehead atoms. The van der Waals surface area contributed by atoms with Crippen molar-refractivity contribution in [3.63, 3.8) is 0 Å². The van der Waals surface area contributed by atoms with Gasteiger partial charge in [-0.15, -0.1) is 10.2 Å². The number of hydrogen-bond donors (Lipinski definition) is 2. The average Bonchev–Trinajstić information content (AvgIpc) is 2.84. The summed E-state index contributed by atoms with van der Waals surface area (Å²) < 4.78 is 2.17. The summed E-state index contributed by atoms with van der Waals surface area (Å²) >= 11 is 0. The van der Waals surface area contributed by atoms with Crippen LogP contribution in [0.5, 0.6) is 5.75 Å². The number of hydrogen-bond acceptors (Lipinski definition) is 4. The monoisotopic (exact) mass is 272 g/mol. The Morgan fingerprint density at radius 2 is 2.10 bits per heavy atom. The lowest BCUT2D eigenvalue weighted by Crippen LogP contribution is -2.24. The van der Waals surface area contributed by atoms with Crippen LogP contribution in [0.2, 0.25) is 0 Å². The normalized spacial score (nSPS) is 19.6. The molecule has 2 heterocycles. The molecular formula is C15H20N4O. The molecule has 1 aliphatic heterocycles. The minimum atomic E-state index is -0.158. The Labute approximate surface area is 118 Å². The number of nitrogens with two attached hydrogens (primary N) is 1. The molecule has 0 radical (unpaired) electrons. The van der Waals surface area contributed by atoms with E-state index in [-0.39, 0.29) is 11.8 Å². The zero-order chi connectivity index (χ0) is 14.1. The second-order valence-electron chi connectivity index (χ2n) is 5.70. The van der Waals surface area contributed by atoms with Gasteiger partial charge in [0, 0.05) is 13.0 Å². The van der Waals surface area contributed by atoms with Gasteiger partial charge in [0.15, 0.2) is 0 Å². The maximum Gasteiger partial charge on any atom is 0.150 e. The maximum absolute atomic E-state index is 9.30. The number of fused-ring (bicyclic) bond motifs is 1. The van der Waals surface area contributed by atoms with Crippen LogP contribution in [0.4, 0.5) is 0 Å². The van der Waals surface area contributed by atoms with Crippen LogP contribution in [0.1, 0.15) is 36.6 Å². The fourth-order valence-corrected chi connectivity index (χ4v) is 2.76. The van der Waals surface area contributed by atoms with Crippen molar-refractivity contribution in [3.05, 3.63) is 41.5 Å². The quantitative estimate of drug-likeness (QED) is 0.893. The van der Waals surface area contributed by atoms with Crippen LogP contribution >= 0.6 is 0 Å². The summed E-state index contributed by atoms with van der Waals surface area (Å²) in [5, 5.41) is 17.9. The van der Waals surface area contributed by atoms with Gasteiger partial charge in [-0.2, -0.15) is 0 Å². The molecule has 0 spiro atoms. The molecule has 1 aliphatic rings. The summed E-state index contributed by atoms with van der Waals surface area (Å²) in [6, 6.07) is 7.00. The second-order valence-corrected chi connectivity index (χ2v) is 5.70. The van der Waals surface area contributed by atoms with Crippen LogP contribution in [-0.2, 0) is 19.4 Å². The SMILES string of the molecule is CC1CCn2c(nnc2C(N)Cc2ccc(O)cc2)C1. The van der Waals surface area contributed by atoms with E-state index in [1.54, 1.807) is 12.1 Å². The van der Waals surface area contributed by atoms with Gasteiger partial charge in [0.05, 0.1) is 6.04 Å². The molecule has 5 heteroatoms. The minimum Gasteiger partial charge on any atom is -0.508 e. The zero-order valence-corrected chi connectivity index (χ0v) is 11.7. The van der Waals surface area contributed by atoms with E-state index in [4.69, 9.17) is 5.73 Å². The van der Waals surface area contributed by atoms with Crippen molar-refractivity contribution in [2.24, 2.45) is 11.7 Å². The largest absolute Gasteiger partial charge is 0.508 e. The third-order valence-electron chi connectivity index (χ3n) is 3.96. The second kappa shape index (κ2) is 5.25. The molecule has 2 atom stereocenters. The third-order valence-corrected chi connectivity index (χ3v) is 3.96. The van der Waals surface area contributed by atoms with Crippen LogP contribution in [0.25, 0.3) is 0 Å². The Morgan fingerprint density at radius 3 is 2.85 bits per heavy atom. The molecule has 3 N–H and O–H groups in total. The highest BCUT2D eigenvalue weighted by Gasteiger charge is 2.23. The summed E-state index contributed by atoms with van der Waals surface area (Å²) in [4.78, 5) is 0. The topological polar surface area (TPSA) is 77.0 Å². The molecule has 20 heavy (non-hydrogen) atoms. The van der Waals surface area contributed by atoms with E-state index in [0.29, 0.717) is 12.3 Å². The number of nitrogens with zero attached hydrogens (tertiary/aromatic N) is 3. The van der Waals surface area contributed by atoms with Crippen molar-refractivity contribution in [1.82, 2.24) is 14.8 Å². The first-order valence-corrected chi connectivity index (χ1v) is 7.09. The molecule has 2 unspecified atom stereocenters. The highest BCUT2D eigenvalue weighted by atomic mass is 16.3. The van der Waals surface area contributed by atoms with E-state index in [9.17, 15) is 5.11 Å². The Kier molecular flexibility index (Phi) is 3.44. The Bertz CT molecular complexity index is 590. The summed E-state index contributed by atoms with van der Waals surface area (Å²) in [6.07, 6.45) is 2.84. The standard InChI is InChI=1S/C15H20N4O/c1-10-6-7-19-14(8-10)17-18-15(19)13(16)9-11-2-4-12(20)5-3-11/h2-5,10,13,20H,6-9,16H2,1H3. The smallest absolute Gasteiger partial charge is 0.150 e. The molecule has 0 aliphatic carbocycles. The van der Waals surface area contributed by atoms with Gasteiger partial charge in [-0.25, -0.2) is 0 Å². The fourth-order valence-electron chi connectivity index (χ4n) is 2.76. The van der Waals surface area contributed by atoms with Gasteiger partial charge in [0.1, 0.15) is 17.4 Å². The molecular weight excluding hydrogens is 252 g/mol. The van der Waals surface area contributed by atoms with Crippen LogP contribution < -0.4 is 5.73 Å². The van der Waals surface area contributed by atoms with E-state index in [1.807, 2.05) is 12.1 Å². The summed E-state index contributed by atoms with van der Waals surface area (Å²) in [6.45, 7) is 3.20. The first-order valence-electron chi connectivity index (χ1n) is 7.09. The van der Waals surface area contributed by atoms with Crippen LogP contribution in [0.15, 0.2) is 24.3 Å². The lowest BCUT2D eigenvalue weighted by Gasteiger charge is -2.22. The van der Waals surface area contributed by atoms with E-state index in [2.05, 4.69) is 21.7 Å². The maximum atomic E-state index is 9.30. The summed E-state index contributed by atoms with van der Waals surface area (Å²) in [5.74, 6) is 2.88. The number of rotatable bonds is 3. The molecule has 0 saturated heterocycles. The van der Waals surface area contributed by atoms with E-state index in [1.165, 1.54) is 0 Å². The molecule has 1 aromatic heterocycles.